The van der Waals surface area contributed by atoms with Crippen molar-refractivity contribution in [1.29, 1.82) is 0 Å². The summed E-state index contributed by atoms with van der Waals surface area (Å²) in [6.45, 7) is 0. The highest BCUT2D eigenvalue weighted by atomic mass is 16.2. The lowest BCUT2D eigenvalue weighted by Gasteiger charge is -2.60. The topological polar surface area (TPSA) is 55.1 Å². The van der Waals surface area contributed by atoms with Gasteiger partial charge in [0, 0.05) is 18.0 Å². The number of carbonyl (C=O) groups is 1. The Balaban J connectivity index is 1.32. The average Bonchev–Trinajstić information content (AvgIpc) is 2.63. The van der Waals surface area contributed by atoms with E-state index in [1.54, 1.807) is 0 Å². The van der Waals surface area contributed by atoms with Gasteiger partial charge in [-0.25, -0.2) is 0 Å². The summed E-state index contributed by atoms with van der Waals surface area (Å²) in [4.78, 5) is 13.2. The minimum atomic E-state index is 0.263. The second kappa shape index (κ2) is 6.37. The third kappa shape index (κ3) is 2.79. The Hall–Kier alpha value is -1.35. The number of nitrogens with two attached hydrogens (primary N) is 1. The Morgan fingerprint density at radius 1 is 0.962 bits per heavy atom. The van der Waals surface area contributed by atoms with Crippen molar-refractivity contribution in [2.45, 2.75) is 75.3 Å². The Bertz CT molecular complexity index is 648. The third-order valence-corrected chi connectivity index (χ3v) is 8.08. The van der Waals surface area contributed by atoms with Crippen LogP contribution in [0.3, 0.4) is 0 Å². The van der Waals surface area contributed by atoms with Gasteiger partial charge in [-0.15, -0.1) is 0 Å². The van der Waals surface area contributed by atoms with Gasteiger partial charge in [0.25, 0.3) is 0 Å². The largest absolute Gasteiger partial charge is 0.353 e. The fourth-order valence-corrected chi connectivity index (χ4v) is 7.16. The van der Waals surface area contributed by atoms with Crippen LogP contribution in [0.25, 0.3) is 0 Å². The van der Waals surface area contributed by atoms with Crippen molar-refractivity contribution in [3.8, 4) is 0 Å². The number of rotatable bonds is 3. The highest BCUT2D eigenvalue weighted by Crippen LogP contribution is 2.62. The molecule has 1 aromatic rings. The molecule has 26 heavy (non-hydrogen) atoms. The van der Waals surface area contributed by atoms with Crippen LogP contribution in [-0.2, 0) is 10.2 Å². The maximum absolute atomic E-state index is 13.2. The molecule has 0 aliphatic heterocycles. The van der Waals surface area contributed by atoms with Crippen LogP contribution in [0.15, 0.2) is 30.3 Å². The van der Waals surface area contributed by atoms with Crippen molar-refractivity contribution in [3.05, 3.63) is 35.9 Å². The maximum Gasteiger partial charge on any atom is 0.223 e. The van der Waals surface area contributed by atoms with Gasteiger partial charge in [0.1, 0.15) is 0 Å². The molecule has 0 radical (unpaired) electrons. The number of carbonyl (C=O) groups excluding carboxylic acids is 1. The van der Waals surface area contributed by atoms with Gasteiger partial charge in [0.15, 0.2) is 0 Å². The highest BCUT2D eigenvalue weighted by molar-refractivity contribution is 5.80. The smallest absolute Gasteiger partial charge is 0.223 e. The lowest BCUT2D eigenvalue weighted by Crippen LogP contribution is -2.57. The second-order valence-electron chi connectivity index (χ2n) is 9.76. The van der Waals surface area contributed by atoms with E-state index in [0.29, 0.717) is 35.2 Å². The van der Waals surface area contributed by atoms with E-state index in [-0.39, 0.29) is 5.92 Å². The predicted octanol–water partition coefficient (Wildman–Crippen LogP) is 3.77. The lowest BCUT2D eigenvalue weighted by molar-refractivity contribution is -0.141. The molecule has 140 valence electrons. The highest BCUT2D eigenvalue weighted by Gasteiger charge is 2.57. The quantitative estimate of drug-likeness (QED) is 0.870. The zero-order valence-corrected chi connectivity index (χ0v) is 15.7. The van der Waals surface area contributed by atoms with E-state index < -0.39 is 0 Å². The number of hydrogen-bond acceptors (Lipinski definition) is 2. The molecule has 0 spiro atoms. The molecule has 4 bridgehead atoms. The summed E-state index contributed by atoms with van der Waals surface area (Å²) in [5.74, 6) is 2.64. The first kappa shape index (κ1) is 16.8. The fraction of sp³-hybridized carbons (Fsp3) is 0.696. The SMILES string of the molecule is NC1CCC(NC(=O)C2C3CC4CC2CC(c2ccccc2)(C4)C3)CC1. The molecule has 1 amide bonds. The molecular formula is C23H32N2O. The Labute approximate surface area is 157 Å². The van der Waals surface area contributed by atoms with Gasteiger partial charge in [0.05, 0.1) is 0 Å². The minimum absolute atomic E-state index is 0.263. The predicted molar refractivity (Wildman–Crippen MR) is 104 cm³/mol. The summed E-state index contributed by atoms with van der Waals surface area (Å²) in [7, 11) is 0. The molecule has 5 fully saturated rings. The fourth-order valence-electron chi connectivity index (χ4n) is 7.16. The molecule has 5 aliphatic rings. The standard InChI is InChI=1S/C23H32N2O/c24-19-6-8-20(9-7-19)25-22(26)21-16-10-15-11-17(21)14-23(12-15,13-16)18-4-2-1-3-5-18/h1-5,15-17,19-21H,6-14,24H2,(H,25,26). The molecule has 0 heterocycles. The van der Waals surface area contributed by atoms with Gasteiger partial charge in [-0.2, -0.15) is 0 Å². The molecular weight excluding hydrogens is 320 g/mol. The monoisotopic (exact) mass is 352 g/mol. The van der Waals surface area contributed by atoms with Crippen LogP contribution in [0, 0.1) is 23.7 Å². The van der Waals surface area contributed by atoms with Crippen molar-refractivity contribution in [3.63, 3.8) is 0 Å². The van der Waals surface area contributed by atoms with Crippen LogP contribution < -0.4 is 11.1 Å². The maximum atomic E-state index is 13.2. The van der Waals surface area contributed by atoms with Crippen molar-refractivity contribution < 1.29 is 4.79 Å². The molecule has 1 aromatic carbocycles. The first-order chi connectivity index (χ1) is 12.6. The van der Waals surface area contributed by atoms with Crippen LogP contribution in [0.5, 0.6) is 0 Å². The van der Waals surface area contributed by atoms with Crippen molar-refractivity contribution in [2.24, 2.45) is 29.4 Å². The summed E-state index contributed by atoms with van der Waals surface area (Å²) in [6, 6.07) is 11.9. The van der Waals surface area contributed by atoms with Crippen molar-refractivity contribution in [1.82, 2.24) is 5.32 Å². The van der Waals surface area contributed by atoms with E-state index in [9.17, 15) is 4.79 Å². The minimum Gasteiger partial charge on any atom is -0.353 e. The molecule has 2 atom stereocenters. The molecule has 3 N–H and O–H groups in total. The molecule has 3 nitrogen and oxygen atoms in total. The molecule has 5 aliphatic carbocycles. The van der Waals surface area contributed by atoms with E-state index >= 15 is 0 Å². The van der Waals surface area contributed by atoms with Crippen LogP contribution in [0.2, 0.25) is 0 Å². The van der Waals surface area contributed by atoms with Crippen molar-refractivity contribution in [2.75, 3.05) is 0 Å². The van der Waals surface area contributed by atoms with Crippen LogP contribution in [0.4, 0.5) is 0 Å². The first-order valence-corrected chi connectivity index (χ1v) is 10.7. The van der Waals surface area contributed by atoms with E-state index in [0.717, 1.165) is 31.6 Å². The van der Waals surface area contributed by atoms with E-state index in [2.05, 4.69) is 35.6 Å². The van der Waals surface area contributed by atoms with Gasteiger partial charge in [-0.05, 0) is 86.5 Å². The molecule has 3 heteroatoms. The molecule has 0 aromatic heterocycles. The van der Waals surface area contributed by atoms with Crippen molar-refractivity contribution >= 4 is 5.91 Å². The van der Waals surface area contributed by atoms with Crippen LogP contribution in [-0.4, -0.2) is 18.0 Å². The number of nitrogens with one attached hydrogen (secondary N) is 1. The summed E-state index contributed by atoms with van der Waals surface area (Å²) < 4.78 is 0. The molecule has 6 rings (SSSR count). The Morgan fingerprint density at radius 3 is 2.27 bits per heavy atom. The Morgan fingerprint density at radius 2 is 1.62 bits per heavy atom. The summed E-state index contributed by atoms with van der Waals surface area (Å²) in [5.41, 5.74) is 7.90. The average molecular weight is 353 g/mol. The van der Waals surface area contributed by atoms with E-state index in [1.165, 1.54) is 37.7 Å². The lowest BCUT2D eigenvalue weighted by atomic mass is 9.44. The molecule has 2 unspecified atom stereocenters. The van der Waals surface area contributed by atoms with Gasteiger partial charge in [0.2, 0.25) is 5.91 Å². The Kier molecular flexibility index (Phi) is 4.11. The summed E-state index contributed by atoms with van der Waals surface area (Å²) in [5, 5.41) is 3.43. The van der Waals surface area contributed by atoms with Gasteiger partial charge >= 0.3 is 0 Å². The normalized spacial score (nSPS) is 44.0. The zero-order chi connectivity index (χ0) is 17.7. The van der Waals surface area contributed by atoms with Gasteiger partial charge in [-0.1, -0.05) is 30.3 Å². The van der Waals surface area contributed by atoms with Crippen LogP contribution >= 0.6 is 0 Å². The first-order valence-electron chi connectivity index (χ1n) is 10.7. The van der Waals surface area contributed by atoms with E-state index in [1.807, 2.05) is 0 Å². The van der Waals surface area contributed by atoms with E-state index in [4.69, 9.17) is 5.73 Å². The van der Waals surface area contributed by atoms with Gasteiger partial charge < -0.3 is 11.1 Å². The molecule has 5 saturated carbocycles. The molecule has 0 saturated heterocycles. The number of benzene rings is 1. The number of hydrogen-bond donors (Lipinski definition) is 2. The zero-order valence-electron chi connectivity index (χ0n) is 15.7. The van der Waals surface area contributed by atoms with Gasteiger partial charge in [-0.3, -0.25) is 4.79 Å². The second-order valence-corrected chi connectivity index (χ2v) is 9.76. The third-order valence-electron chi connectivity index (χ3n) is 8.08. The number of amides is 1. The summed E-state index contributed by atoms with van der Waals surface area (Å²) >= 11 is 0. The van der Waals surface area contributed by atoms with Crippen LogP contribution in [0.1, 0.15) is 63.4 Å². The summed E-state index contributed by atoms with van der Waals surface area (Å²) in [6.07, 6.45) is 10.6.